The zero-order chi connectivity index (χ0) is 15.0. The van der Waals surface area contributed by atoms with Crippen molar-refractivity contribution in [2.75, 3.05) is 6.54 Å². The molecule has 0 saturated heterocycles. The molecule has 0 radical (unpaired) electrons. The molecule has 6 heteroatoms. The number of rotatable bonds is 6. The van der Waals surface area contributed by atoms with Gasteiger partial charge in [-0.1, -0.05) is 19.1 Å². The van der Waals surface area contributed by atoms with Crippen molar-refractivity contribution in [2.45, 2.75) is 19.9 Å². The first-order chi connectivity index (χ1) is 9.56. The molecule has 1 unspecified atom stereocenters. The third-order valence-electron chi connectivity index (χ3n) is 2.86. The van der Waals surface area contributed by atoms with E-state index in [1.165, 1.54) is 0 Å². The SMILES string of the molecule is CCC(CNC(=O)NCc1cccc(C#N)c1)C(=O)O. The van der Waals surface area contributed by atoms with Gasteiger partial charge in [0.2, 0.25) is 0 Å². The molecule has 0 fully saturated rings. The van der Waals surface area contributed by atoms with Crippen LogP contribution in [0.1, 0.15) is 24.5 Å². The molecule has 0 aliphatic carbocycles. The number of hydrogen-bond donors (Lipinski definition) is 3. The molecule has 1 rings (SSSR count). The van der Waals surface area contributed by atoms with E-state index in [0.717, 1.165) is 5.56 Å². The van der Waals surface area contributed by atoms with Crippen molar-refractivity contribution < 1.29 is 14.7 Å². The lowest BCUT2D eigenvalue weighted by atomic mass is 10.1. The number of nitriles is 1. The highest BCUT2D eigenvalue weighted by Crippen LogP contribution is 2.03. The summed E-state index contributed by atoms with van der Waals surface area (Å²) in [5.41, 5.74) is 1.34. The van der Waals surface area contributed by atoms with E-state index >= 15 is 0 Å². The molecule has 0 bridgehead atoms. The predicted molar refractivity (Wildman–Crippen MR) is 72.8 cm³/mol. The number of carboxylic acids is 1. The average Bonchev–Trinajstić information content (AvgIpc) is 2.45. The van der Waals surface area contributed by atoms with E-state index in [0.29, 0.717) is 12.0 Å². The molecule has 0 aliphatic rings. The number of nitrogens with zero attached hydrogens (tertiary/aromatic N) is 1. The van der Waals surface area contributed by atoms with Gasteiger partial charge in [-0.3, -0.25) is 4.79 Å². The molecule has 1 aromatic carbocycles. The summed E-state index contributed by atoms with van der Waals surface area (Å²) in [6.07, 6.45) is 0.458. The molecule has 0 saturated carbocycles. The van der Waals surface area contributed by atoms with Crippen LogP contribution in [0.2, 0.25) is 0 Å². The lowest BCUT2D eigenvalue weighted by molar-refractivity contribution is -0.141. The van der Waals surface area contributed by atoms with Crippen molar-refractivity contribution in [1.82, 2.24) is 10.6 Å². The molecule has 1 atom stereocenters. The lowest BCUT2D eigenvalue weighted by Crippen LogP contribution is -2.39. The quantitative estimate of drug-likeness (QED) is 0.731. The molecule has 106 valence electrons. The number of carboxylic acid groups (broad SMARTS) is 1. The van der Waals surface area contributed by atoms with Gasteiger partial charge in [0, 0.05) is 13.1 Å². The molecule has 0 spiro atoms. The predicted octanol–water partition coefficient (Wildman–Crippen LogP) is 1.47. The van der Waals surface area contributed by atoms with Crippen LogP contribution in [0.4, 0.5) is 4.79 Å². The van der Waals surface area contributed by atoms with Gasteiger partial charge in [0.1, 0.15) is 0 Å². The summed E-state index contributed by atoms with van der Waals surface area (Å²) in [6, 6.07) is 8.51. The fourth-order valence-electron chi connectivity index (χ4n) is 1.62. The Kier molecular flexibility index (Phi) is 6.04. The maximum absolute atomic E-state index is 11.5. The maximum atomic E-state index is 11.5. The van der Waals surface area contributed by atoms with Gasteiger partial charge in [0.05, 0.1) is 17.6 Å². The van der Waals surface area contributed by atoms with Crippen LogP contribution in [-0.2, 0) is 11.3 Å². The third kappa shape index (κ3) is 4.98. The normalized spacial score (nSPS) is 11.2. The largest absolute Gasteiger partial charge is 0.481 e. The minimum atomic E-state index is -0.922. The van der Waals surface area contributed by atoms with E-state index in [4.69, 9.17) is 10.4 Å². The van der Waals surface area contributed by atoms with Gasteiger partial charge in [-0.2, -0.15) is 5.26 Å². The van der Waals surface area contributed by atoms with Crippen LogP contribution < -0.4 is 10.6 Å². The Balaban J connectivity index is 2.40. The summed E-state index contributed by atoms with van der Waals surface area (Å²) >= 11 is 0. The molecule has 2 amide bonds. The van der Waals surface area contributed by atoms with Crippen molar-refractivity contribution in [3.05, 3.63) is 35.4 Å². The maximum Gasteiger partial charge on any atom is 0.315 e. The second-order valence-electron chi connectivity index (χ2n) is 4.32. The average molecular weight is 275 g/mol. The monoisotopic (exact) mass is 275 g/mol. The van der Waals surface area contributed by atoms with Crippen LogP contribution >= 0.6 is 0 Å². The number of amides is 2. The fraction of sp³-hybridized carbons (Fsp3) is 0.357. The Morgan fingerprint density at radius 2 is 2.15 bits per heavy atom. The highest BCUT2D eigenvalue weighted by Gasteiger charge is 2.15. The number of urea groups is 1. The van der Waals surface area contributed by atoms with E-state index in [1.54, 1.807) is 31.2 Å². The van der Waals surface area contributed by atoms with Crippen LogP contribution in [0.25, 0.3) is 0 Å². The summed E-state index contributed by atoms with van der Waals surface area (Å²) in [5.74, 6) is -1.50. The molecule has 6 nitrogen and oxygen atoms in total. The van der Waals surface area contributed by atoms with Gasteiger partial charge in [0.15, 0.2) is 0 Å². The number of carbonyl (C=O) groups is 2. The van der Waals surface area contributed by atoms with Crippen molar-refractivity contribution in [3.63, 3.8) is 0 Å². The van der Waals surface area contributed by atoms with Gasteiger partial charge < -0.3 is 15.7 Å². The van der Waals surface area contributed by atoms with Crippen LogP contribution in [0.15, 0.2) is 24.3 Å². The summed E-state index contributed by atoms with van der Waals surface area (Å²) in [5, 5.41) is 22.7. The molecule has 20 heavy (non-hydrogen) atoms. The number of benzene rings is 1. The summed E-state index contributed by atoms with van der Waals surface area (Å²) in [7, 11) is 0. The number of carbonyl (C=O) groups excluding carboxylic acids is 1. The lowest BCUT2D eigenvalue weighted by Gasteiger charge is -2.12. The minimum Gasteiger partial charge on any atom is -0.481 e. The molecule has 0 aromatic heterocycles. The molecular formula is C14H17N3O3. The fourth-order valence-corrected chi connectivity index (χ4v) is 1.62. The molecule has 0 aliphatic heterocycles. The summed E-state index contributed by atoms with van der Waals surface area (Å²) in [6.45, 7) is 2.13. The number of nitrogens with one attached hydrogen (secondary N) is 2. The van der Waals surface area contributed by atoms with Crippen molar-refractivity contribution in [3.8, 4) is 6.07 Å². The smallest absolute Gasteiger partial charge is 0.315 e. The Labute approximate surface area is 117 Å². The Hall–Kier alpha value is -2.55. The Morgan fingerprint density at radius 3 is 2.75 bits per heavy atom. The summed E-state index contributed by atoms with van der Waals surface area (Å²) < 4.78 is 0. The first-order valence-corrected chi connectivity index (χ1v) is 6.30. The van der Waals surface area contributed by atoms with Crippen LogP contribution in [0, 0.1) is 17.2 Å². The van der Waals surface area contributed by atoms with E-state index in [2.05, 4.69) is 10.6 Å². The highest BCUT2D eigenvalue weighted by molar-refractivity contribution is 5.75. The van der Waals surface area contributed by atoms with Gasteiger partial charge >= 0.3 is 12.0 Å². The topological polar surface area (TPSA) is 102 Å². The molecule has 3 N–H and O–H groups in total. The van der Waals surface area contributed by atoms with Crippen LogP contribution in [-0.4, -0.2) is 23.7 Å². The number of hydrogen-bond acceptors (Lipinski definition) is 3. The summed E-state index contributed by atoms with van der Waals surface area (Å²) in [4.78, 5) is 22.3. The minimum absolute atomic E-state index is 0.0932. The highest BCUT2D eigenvalue weighted by atomic mass is 16.4. The standard InChI is InChI=1S/C14H17N3O3/c1-2-12(13(18)19)9-17-14(20)16-8-11-5-3-4-10(6-11)7-15/h3-6,12H,2,8-9H2,1H3,(H,18,19)(H2,16,17,20). The van der Waals surface area contributed by atoms with Gasteiger partial charge in [-0.25, -0.2) is 4.79 Å². The zero-order valence-electron chi connectivity index (χ0n) is 11.2. The third-order valence-corrected chi connectivity index (χ3v) is 2.86. The Bertz CT molecular complexity index is 523. The molecule has 1 aromatic rings. The van der Waals surface area contributed by atoms with Crippen molar-refractivity contribution in [2.24, 2.45) is 5.92 Å². The molecule has 0 heterocycles. The van der Waals surface area contributed by atoms with E-state index in [9.17, 15) is 9.59 Å². The van der Waals surface area contributed by atoms with Gasteiger partial charge in [-0.05, 0) is 24.1 Å². The van der Waals surface area contributed by atoms with Crippen LogP contribution in [0.5, 0.6) is 0 Å². The Morgan fingerprint density at radius 1 is 1.40 bits per heavy atom. The van der Waals surface area contributed by atoms with Crippen molar-refractivity contribution in [1.29, 1.82) is 5.26 Å². The van der Waals surface area contributed by atoms with Crippen molar-refractivity contribution >= 4 is 12.0 Å². The van der Waals surface area contributed by atoms with Gasteiger partial charge in [0.25, 0.3) is 0 Å². The first kappa shape index (κ1) is 15.5. The van der Waals surface area contributed by atoms with Gasteiger partial charge in [-0.15, -0.1) is 0 Å². The second-order valence-corrected chi connectivity index (χ2v) is 4.32. The second kappa shape index (κ2) is 7.79. The van der Waals surface area contributed by atoms with E-state index in [1.807, 2.05) is 6.07 Å². The molecular weight excluding hydrogens is 258 g/mol. The van der Waals surface area contributed by atoms with E-state index in [-0.39, 0.29) is 13.1 Å². The zero-order valence-corrected chi connectivity index (χ0v) is 11.2. The van der Waals surface area contributed by atoms with E-state index < -0.39 is 17.9 Å². The van der Waals surface area contributed by atoms with Crippen LogP contribution in [0.3, 0.4) is 0 Å². The number of aliphatic carboxylic acids is 1. The first-order valence-electron chi connectivity index (χ1n) is 6.30.